The molecule has 2 aromatic carbocycles. The predicted octanol–water partition coefficient (Wildman–Crippen LogP) is 3.92. The van der Waals surface area contributed by atoms with Crippen molar-refractivity contribution >= 4 is 27.9 Å². The molecule has 0 aliphatic rings. The maximum atomic E-state index is 13.4. The van der Waals surface area contributed by atoms with Crippen LogP contribution >= 0.6 is 0 Å². The Morgan fingerprint density at radius 2 is 1.76 bits per heavy atom. The van der Waals surface area contributed by atoms with E-state index in [4.69, 9.17) is 4.74 Å². The third-order valence-electron chi connectivity index (χ3n) is 5.95. The van der Waals surface area contributed by atoms with Crippen molar-refractivity contribution < 1.29 is 23.1 Å². The van der Waals surface area contributed by atoms with Gasteiger partial charge < -0.3 is 9.84 Å². The Hall–Kier alpha value is -3.70. The molecule has 0 amide bonds. The van der Waals surface area contributed by atoms with Crippen LogP contribution in [0.3, 0.4) is 0 Å². The molecule has 11 heteroatoms. The molecule has 0 saturated heterocycles. The van der Waals surface area contributed by atoms with Crippen LogP contribution in [0.2, 0.25) is 0 Å². The lowest BCUT2D eigenvalue weighted by molar-refractivity contribution is -0.139. The molecule has 37 heavy (non-hydrogen) atoms. The number of ether oxygens (including phenoxy) is 1. The summed E-state index contributed by atoms with van der Waals surface area (Å²) in [6.07, 6.45) is 1.58. The smallest absolute Gasteiger partial charge is 0.312 e. The van der Waals surface area contributed by atoms with Gasteiger partial charge in [0.1, 0.15) is 11.4 Å². The number of rotatable bonds is 12. The normalized spacial score (nSPS) is 12.8. The number of hydrogen-bond acceptors (Lipinski definition) is 6. The molecule has 1 unspecified atom stereocenters. The molecule has 1 aromatic heterocycles. The Kier molecular flexibility index (Phi) is 9.06. The lowest BCUT2D eigenvalue weighted by atomic mass is 10.00. The third kappa shape index (κ3) is 5.83. The third-order valence-corrected chi connectivity index (χ3v) is 8.01. The molecule has 0 aliphatic heterocycles. The second-order valence-corrected chi connectivity index (χ2v) is 10.1. The molecule has 2 N–H and O–H groups in total. The van der Waals surface area contributed by atoms with Crippen LogP contribution in [0.25, 0.3) is 5.69 Å². The van der Waals surface area contributed by atoms with Crippen molar-refractivity contribution in [2.75, 3.05) is 19.7 Å². The number of H-pyrrole nitrogens is 1. The SMILES string of the molecule is CCOc1ccccc1N=Cc1c(C(CC)C(=O)O)[nH]n(-c2ccc(S(=O)(=O)N(CC)CC)cc2)c1=O. The molecule has 0 radical (unpaired) electrons. The van der Waals surface area contributed by atoms with E-state index in [1.807, 2.05) is 6.92 Å². The summed E-state index contributed by atoms with van der Waals surface area (Å²) in [5.74, 6) is -1.52. The quantitative estimate of drug-likeness (QED) is 0.342. The van der Waals surface area contributed by atoms with E-state index in [0.717, 1.165) is 0 Å². The summed E-state index contributed by atoms with van der Waals surface area (Å²) >= 11 is 0. The van der Waals surface area contributed by atoms with Gasteiger partial charge in [-0.05, 0) is 49.7 Å². The number of sulfonamides is 1. The van der Waals surface area contributed by atoms with Crippen molar-refractivity contribution in [3.05, 3.63) is 70.1 Å². The second kappa shape index (κ2) is 12.0. The minimum absolute atomic E-state index is 0.0976. The van der Waals surface area contributed by atoms with Crippen LogP contribution in [0.5, 0.6) is 5.75 Å². The largest absolute Gasteiger partial charge is 0.492 e. The van der Waals surface area contributed by atoms with Gasteiger partial charge in [0.2, 0.25) is 10.0 Å². The summed E-state index contributed by atoms with van der Waals surface area (Å²) in [5.41, 5.74) is 0.653. The molecule has 0 bridgehead atoms. The zero-order valence-electron chi connectivity index (χ0n) is 21.3. The van der Waals surface area contributed by atoms with Gasteiger partial charge in [0.05, 0.1) is 34.4 Å². The van der Waals surface area contributed by atoms with Gasteiger partial charge in [-0.3, -0.25) is 19.7 Å². The Morgan fingerprint density at radius 3 is 2.32 bits per heavy atom. The number of para-hydroxylation sites is 2. The molecule has 0 fully saturated rings. The van der Waals surface area contributed by atoms with E-state index >= 15 is 0 Å². The lowest BCUT2D eigenvalue weighted by Crippen LogP contribution is -2.30. The summed E-state index contributed by atoms with van der Waals surface area (Å²) in [5, 5.41) is 12.7. The van der Waals surface area contributed by atoms with E-state index in [-0.39, 0.29) is 22.6 Å². The summed E-state index contributed by atoms with van der Waals surface area (Å²) in [4.78, 5) is 29.9. The number of aromatic amines is 1. The minimum Gasteiger partial charge on any atom is -0.492 e. The summed E-state index contributed by atoms with van der Waals surface area (Å²) < 4.78 is 33.8. The fourth-order valence-electron chi connectivity index (χ4n) is 4.00. The molecule has 0 aliphatic carbocycles. The van der Waals surface area contributed by atoms with E-state index in [0.29, 0.717) is 36.8 Å². The summed E-state index contributed by atoms with van der Waals surface area (Å²) in [6, 6.07) is 12.9. The number of carboxylic acid groups (broad SMARTS) is 1. The number of carbonyl (C=O) groups is 1. The number of aliphatic carboxylic acids is 1. The molecule has 0 spiro atoms. The second-order valence-electron chi connectivity index (χ2n) is 8.12. The Balaban J connectivity index is 2.11. The van der Waals surface area contributed by atoms with Crippen LogP contribution in [-0.4, -0.2) is 59.5 Å². The number of nitrogens with one attached hydrogen (secondary N) is 1. The van der Waals surface area contributed by atoms with Crippen molar-refractivity contribution in [2.45, 2.75) is 44.9 Å². The highest BCUT2D eigenvalue weighted by atomic mass is 32.2. The van der Waals surface area contributed by atoms with Crippen molar-refractivity contribution in [3.8, 4) is 11.4 Å². The van der Waals surface area contributed by atoms with E-state index in [1.54, 1.807) is 45.0 Å². The molecule has 3 aromatic rings. The number of benzene rings is 2. The van der Waals surface area contributed by atoms with Gasteiger partial charge in [0.25, 0.3) is 5.56 Å². The van der Waals surface area contributed by atoms with Crippen LogP contribution in [0.4, 0.5) is 5.69 Å². The van der Waals surface area contributed by atoms with Crippen molar-refractivity contribution in [3.63, 3.8) is 0 Å². The van der Waals surface area contributed by atoms with Gasteiger partial charge in [0, 0.05) is 19.3 Å². The first-order valence-electron chi connectivity index (χ1n) is 12.1. The van der Waals surface area contributed by atoms with Gasteiger partial charge in [-0.1, -0.05) is 32.9 Å². The molecule has 0 saturated carbocycles. The van der Waals surface area contributed by atoms with Crippen LogP contribution < -0.4 is 10.3 Å². The number of aromatic nitrogens is 2. The first kappa shape index (κ1) is 27.9. The van der Waals surface area contributed by atoms with E-state index in [2.05, 4.69) is 10.1 Å². The maximum absolute atomic E-state index is 13.4. The maximum Gasteiger partial charge on any atom is 0.312 e. The Morgan fingerprint density at radius 1 is 1.11 bits per heavy atom. The molecule has 3 rings (SSSR count). The van der Waals surface area contributed by atoms with Gasteiger partial charge in [-0.15, -0.1) is 0 Å². The Bertz CT molecular complexity index is 1420. The summed E-state index contributed by atoms with van der Waals surface area (Å²) in [7, 11) is -3.67. The molecule has 10 nitrogen and oxygen atoms in total. The van der Waals surface area contributed by atoms with Crippen molar-refractivity contribution in [1.29, 1.82) is 0 Å². The highest BCUT2D eigenvalue weighted by molar-refractivity contribution is 7.89. The zero-order chi connectivity index (χ0) is 27.2. The first-order chi connectivity index (χ1) is 17.7. The standard InChI is InChI=1S/C26H32N4O6S/c1-5-20(26(32)33)24-21(17-27-22-11-9-10-12-23(22)36-8-4)25(31)30(28-24)18-13-15-19(16-14-18)37(34,35)29(6-2)7-3/h9-17,20,28H,5-8H2,1-4H3,(H,32,33). The highest BCUT2D eigenvalue weighted by Crippen LogP contribution is 2.27. The summed E-state index contributed by atoms with van der Waals surface area (Å²) in [6.45, 7) is 8.19. The topological polar surface area (TPSA) is 134 Å². The predicted molar refractivity (Wildman–Crippen MR) is 142 cm³/mol. The first-order valence-corrected chi connectivity index (χ1v) is 13.6. The average Bonchev–Trinajstić information content (AvgIpc) is 3.20. The Labute approximate surface area is 216 Å². The van der Waals surface area contributed by atoms with Crippen LogP contribution in [0, 0.1) is 0 Å². The van der Waals surface area contributed by atoms with E-state index in [9.17, 15) is 23.1 Å². The monoisotopic (exact) mass is 528 g/mol. The highest BCUT2D eigenvalue weighted by Gasteiger charge is 2.27. The van der Waals surface area contributed by atoms with E-state index in [1.165, 1.54) is 39.5 Å². The van der Waals surface area contributed by atoms with Gasteiger partial charge in [0.15, 0.2) is 0 Å². The number of nitrogens with zero attached hydrogens (tertiary/aromatic N) is 3. The number of aliphatic imine (C=N–C) groups is 1. The van der Waals surface area contributed by atoms with Crippen molar-refractivity contribution in [2.24, 2.45) is 4.99 Å². The minimum atomic E-state index is -3.67. The van der Waals surface area contributed by atoms with Gasteiger partial charge in [-0.25, -0.2) is 13.1 Å². The number of carboxylic acids is 1. The van der Waals surface area contributed by atoms with Crippen molar-refractivity contribution in [1.82, 2.24) is 14.1 Å². The number of hydrogen-bond donors (Lipinski definition) is 2. The molecular weight excluding hydrogens is 496 g/mol. The average molecular weight is 529 g/mol. The fraction of sp³-hybridized carbons (Fsp3) is 0.346. The molecule has 198 valence electrons. The van der Waals surface area contributed by atoms with Crippen LogP contribution in [0.1, 0.15) is 51.3 Å². The fourth-order valence-corrected chi connectivity index (χ4v) is 5.45. The molecular formula is C26H32N4O6S. The molecule has 1 atom stereocenters. The van der Waals surface area contributed by atoms with Gasteiger partial charge in [-0.2, -0.15) is 4.31 Å². The molecule has 1 heterocycles. The van der Waals surface area contributed by atoms with Gasteiger partial charge >= 0.3 is 5.97 Å². The van der Waals surface area contributed by atoms with Crippen LogP contribution in [0.15, 0.2) is 63.2 Å². The van der Waals surface area contributed by atoms with Crippen LogP contribution in [-0.2, 0) is 14.8 Å². The lowest BCUT2D eigenvalue weighted by Gasteiger charge is -2.18. The zero-order valence-corrected chi connectivity index (χ0v) is 22.2. The van der Waals surface area contributed by atoms with E-state index < -0.39 is 27.5 Å².